The molecule has 0 saturated heterocycles. The largest absolute Gasteiger partial charge is 0.493 e. The number of carbonyl (C=O) groups excluding carboxylic acids is 1. The van der Waals surface area contributed by atoms with Crippen LogP contribution in [0.2, 0.25) is 0 Å². The van der Waals surface area contributed by atoms with Gasteiger partial charge in [-0.2, -0.15) is 0 Å². The summed E-state index contributed by atoms with van der Waals surface area (Å²) < 4.78 is 6.28. The highest BCUT2D eigenvalue weighted by atomic mass is 79.9. The van der Waals surface area contributed by atoms with E-state index in [0.29, 0.717) is 17.9 Å². The normalized spacial score (nSPS) is 10.1. The molecule has 0 atom stereocenters. The Morgan fingerprint density at radius 3 is 2.87 bits per heavy atom. The third-order valence-electron chi connectivity index (χ3n) is 1.91. The molecule has 4 heteroatoms. The van der Waals surface area contributed by atoms with Gasteiger partial charge < -0.3 is 4.74 Å². The first kappa shape index (κ1) is 12.5. The van der Waals surface area contributed by atoms with Crippen molar-refractivity contribution in [1.29, 1.82) is 0 Å². The van der Waals surface area contributed by atoms with Gasteiger partial charge in [0.2, 0.25) is 0 Å². The van der Waals surface area contributed by atoms with E-state index < -0.39 is 5.24 Å². The van der Waals surface area contributed by atoms with Gasteiger partial charge in [0.25, 0.3) is 5.24 Å². The molecule has 1 aromatic carbocycles. The zero-order valence-corrected chi connectivity index (χ0v) is 10.8. The van der Waals surface area contributed by atoms with Gasteiger partial charge in [0.05, 0.1) is 12.2 Å². The SMILES string of the molecule is CCCCOc1ccc(Br)cc1C(=O)Cl. The van der Waals surface area contributed by atoms with Crippen molar-refractivity contribution in [3.05, 3.63) is 28.2 Å². The van der Waals surface area contributed by atoms with Gasteiger partial charge in [0.1, 0.15) is 5.75 Å². The second-order valence-corrected chi connectivity index (χ2v) is 4.38. The minimum absolute atomic E-state index is 0.405. The highest BCUT2D eigenvalue weighted by molar-refractivity contribution is 9.10. The van der Waals surface area contributed by atoms with Crippen molar-refractivity contribution in [2.75, 3.05) is 6.61 Å². The Bertz CT molecular complexity index is 352. The molecule has 2 nitrogen and oxygen atoms in total. The van der Waals surface area contributed by atoms with E-state index in [9.17, 15) is 4.79 Å². The van der Waals surface area contributed by atoms with Crippen molar-refractivity contribution in [2.24, 2.45) is 0 Å². The lowest BCUT2D eigenvalue weighted by Crippen LogP contribution is -2.01. The molecule has 0 aliphatic carbocycles. The predicted octanol–water partition coefficient (Wildman–Crippen LogP) is 4.01. The maximum absolute atomic E-state index is 11.1. The highest BCUT2D eigenvalue weighted by Gasteiger charge is 2.10. The average molecular weight is 292 g/mol. The molecule has 0 bridgehead atoms. The van der Waals surface area contributed by atoms with Crippen molar-refractivity contribution in [1.82, 2.24) is 0 Å². The third-order valence-corrected chi connectivity index (χ3v) is 2.61. The summed E-state index contributed by atoms with van der Waals surface area (Å²) in [5.41, 5.74) is 0.405. The molecule has 1 rings (SSSR count). The Hall–Kier alpha value is -0.540. The second-order valence-electron chi connectivity index (χ2n) is 3.12. The molecule has 82 valence electrons. The molecule has 0 amide bonds. The predicted molar refractivity (Wildman–Crippen MR) is 64.7 cm³/mol. The van der Waals surface area contributed by atoms with Crippen LogP contribution >= 0.6 is 27.5 Å². The van der Waals surface area contributed by atoms with Gasteiger partial charge in [0.15, 0.2) is 0 Å². The molecule has 0 fully saturated rings. The van der Waals surface area contributed by atoms with Crippen molar-refractivity contribution >= 4 is 32.8 Å². The fourth-order valence-corrected chi connectivity index (χ4v) is 1.62. The minimum Gasteiger partial charge on any atom is -0.493 e. The van der Waals surface area contributed by atoms with E-state index in [1.54, 1.807) is 12.1 Å². The first-order chi connectivity index (χ1) is 7.15. The summed E-state index contributed by atoms with van der Waals surface area (Å²) in [5, 5.41) is -0.497. The van der Waals surface area contributed by atoms with Crippen LogP contribution in [0, 0.1) is 0 Å². The highest BCUT2D eigenvalue weighted by Crippen LogP contribution is 2.24. The van der Waals surface area contributed by atoms with Crippen LogP contribution in [-0.2, 0) is 0 Å². The van der Waals surface area contributed by atoms with Crippen LogP contribution in [0.15, 0.2) is 22.7 Å². The average Bonchev–Trinajstić information content (AvgIpc) is 2.20. The quantitative estimate of drug-likeness (QED) is 0.605. The Morgan fingerprint density at radius 1 is 1.53 bits per heavy atom. The number of benzene rings is 1. The number of halogens is 2. The Morgan fingerprint density at radius 2 is 2.27 bits per heavy atom. The lowest BCUT2D eigenvalue weighted by atomic mass is 10.2. The molecule has 0 saturated carbocycles. The Labute approximate surface area is 103 Å². The molecule has 15 heavy (non-hydrogen) atoms. The van der Waals surface area contributed by atoms with E-state index in [-0.39, 0.29) is 0 Å². The van der Waals surface area contributed by atoms with E-state index in [4.69, 9.17) is 16.3 Å². The van der Waals surface area contributed by atoms with E-state index in [1.807, 2.05) is 6.07 Å². The van der Waals surface area contributed by atoms with E-state index in [2.05, 4.69) is 22.9 Å². The van der Waals surface area contributed by atoms with E-state index in [1.165, 1.54) is 0 Å². The van der Waals surface area contributed by atoms with Gasteiger partial charge in [-0.05, 0) is 36.2 Å². The van der Waals surface area contributed by atoms with Gasteiger partial charge in [-0.3, -0.25) is 4.79 Å². The molecule has 0 radical (unpaired) electrons. The molecule has 0 unspecified atom stereocenters. The Balaban J connectivity index is 2.81. The molecule has 0 aromatic heterocycles. The number of unbranched alkanes of at least 4 members (excludes halogenated alkanes) is 1. The van der Waals surface area contributed by atoms with Crippen molar-refractivity contribution in [2.45, 2.75) is 19.8 Å². The van der Waals surface area contributed by atoms with Gasteiger partial charge in [0, 0.05) is 4.47 Å². The number of carbonyl (C=O) groups is 1. The second kappa shape index (κ2) is 6.13. The van der Waals surface area contributed by atoms with Gasteiger partial charge in [-0.15, -0.1) is 0 Å². The fourth-order valence-electron chi connectivity index (χ4n) is 1.11. The van der Waals surface area contributed by atoms with Crippen LogP contribution < -0.4 is 4.74 Å². The summed E-state index contributed by atoms with van der Waals surface area (Å²) in [6.07, 6.45) is 2.02. The summed E-state index contributed by atoms with van der Waals surface area (Å²) in [6.45, 7) is 2.69. The summed E-state index contributed by atoms with van der Waals surface area (Å²) in [6, 6.07) is 5.23. The number of hydrogen-bond donors (Lipinski definition) is 0. The molecule has 0 heterocycles. The zero-order valence-electron chi connectivity index (χ0n) is 8.43. The summed E-state index contributed by atoms with van der Waals surface area (Å²) >= 11 is 8.73. The maximum Gasteiger partial charge on any atom is 0.256 e. The van der Waals surface area contributed by atoms with Crippen LogP contribution in [-0.4, -0.2) is 11.8 Å². The van der Waals surface area contributed by atoms with Crippen LogP contribution in [0.1, 0.15) is 30.1 Å². The van der Waals surface area contributed by atoms with E-state index >= 15 is 0 Å². The smallest absolute Gasteiger partial charge is 0.256 e. The monoisotopic (exact) mass is 290 g/mol. The summed E-state index contributed by atoms with van der Waals surface area (Å²) in [4.78, 5) is 11.1. The lowest BCUT2D eigenvalue weighted by Gasteiger charge is -2.08. The first-order valence-electron chi connectivity index (χ1n) is 4.77. The molecule has 0 aliphatic rings. The molecular weight excluding hydrogens is 279 g/mol. The molecular formula is C11H12BrClO2. The van der Waals surface area contributed by atoms with Gasteiger partial charge >= 0.3 is 0 Å². The summed E-state index contributed by atoms with van der Waals surface area (Å²) in [5.74, 6) is 0.548. The maximum atomic E-state index is 11.1. The van der Waals surface area contributed by atoms with Gasteiger partial charge in [-0.25, -0.2) is 0 Å². The Kier molecular flexibility index (Phi) is 5.12. The fraction of sp³-hybridized carbons (Fsp3) is 0.364. The van der Waals surface area contributed by atoms with Gasteiger partial charge in [-0.1, -0.05) is 29.3 Å². The first-order valence-corrected chi connectivity index (χ1v) is 5.94. The number of hydrogen-bond acceptors (Lipinski definition) is 2. The van der Waals surface area contributed by atoms with Crippen molar-refractivity contribution in [3.8, 4) is 5.75 Å². The third kappa shape index (κ3) is 3.84. The zero-order chi connectivity index (χ0) is 11.3. The molecule has 0 spiro atoms. The van der Waals surface area contributed by atoms with Crippen LogP contribution in [0.4, 0.5) is 0 Å². The van der Waals surface area contributed by atoms with Crippen LogP contribution in [0.5, 0.6) is 5.75 Å². The van der Waals surface area contributed by atoms with Crippen molar-refractivity contribution < 1.29 is 9.53 Å². The molecule has 0 N–H and O–H groups in total. The van der Waals surface area contributed by atoms with Crippen LogP contribution in [0.25, 0.3) is 0 Å². The summed E-state index contributed by atoms with van der Waals surface area (Å²) in [7, 11) is 0. The number of ether oxygens (including phenoxy) is 1. The topological polar surface area (TPSA) is 26.3 Å². The lowest BCUT2D eigenvalue weighted by molar-refractivity contribution is 0.107. The standard InChI is InChI=1S/C11H12BrClO2/c1-2-3-6-15-10-5-4-8(12)7-9(10)11(13)14/h4-5,7H,2-3,6H2,1H3. The molecule has 0 aliphatic heterocycles. The van der Waals surface area contributed by atoms with Crippen molar-refractivity contribution in [3.63, 3.8) is 0 Å². The van der Waals surface area contributed by atoms with E-state index in [0.717, 1.165) is 17.3 Å². The number of rotatable bonds is 5. The minimum atomic E-state index is -0.497. The molecule has 1 aromatic rings. The van der Waals surface area contributed by atoms with Crippen LogP contribution in [0.3, 0.4) is 0 Å².